The van der Waals surface area contributed by atoms with Crippen molar-refractivity contribution in [3.05, 3.63) is 71.3 Å². The fraction of sp³-hybridized carbons (Fsp3) is 0.533. The molecule has 0 spiro atoms. The van der Waals surface area contributed by atoms with Gasteiger partial charge in [0.2, 0.25) is 5.91 Å². The minimum absolute atomic E-state index is 0. The Balaban J connectivity index is 0.00000616. The average Bonchev–Trinajstić information content (AvgIpc) is 3.75. The molecule has 1 aliphatic carbocycles. The molecule has 12 heteroatoms. The van der Waals surface area contributed by atoms with Crippen molar-refractivity contribution >= 4 is 34.1 Å². The van der Waals surface area contributed by atoms with Crippen LogP contribution in [0.3, 0.4) is 0 Å². The number of halogens is 3. The number of amides is 2. The lowest BCUT2D eigenvalue weighted by atomic mass is 10.00. The summed E-state index contributed by atoms with van der Waals surface area (Å²) >= 11 is 0. The molecule has 0 aliphatic heterocycles. The Bertz CT molecular complexity index is 1240. The Hall–Kier alpha value is -2.60. The van der Waals surface area contributed by atoms with Crippen LogP contribution in [-0.2, 0) is 21.1 Å². The van der Waals surface area contributed by atoms with Gasteiger partial charge >= 0.3 is 0 Å². The molecule has 2 aromatic carbocycles. The number of carbonyl (C=O) groups is 2. The van der Waals surface area contributed by atoms with Gasteiger partial charge in [0, 0.05) is 24.2 Å². The predicted molar refractivity (Wildman–Crippen MR) is 161 cm³/mol. The van der Waals surface area contributed by atoms with E-state index in [4.69, 9.17) is 0 Å². The highest BCUT2D eigenvalue weighted by molar-refractivity contribution is 7.92. The molecule has 0 aromatic heterocycles. The summed E-state index contributed by atoms with van der Waals surface area (Å²) in [5.74, 6) is -3.65. The van der Waals surface area contributed by atoms with Crippen LogP contribution < -0.4 is 16.0 Å². The van der Waals surface area contributed by atoms with E-state index in [0.29, 0.717) is 25.7 Å². The first-order valence-corrected chi connectivity index (χ1v) is 16.0. The van der Waals surface area contributed by atoms with E-state index in [1.807, 2.05) is 13.8 Å². The standard InChI is InChI=1S/C30H41F2N3O5S.ClH/c1-3-8-25(9-4-2)41(39,40)19-27(35-29(37)21-10-6-5-7-11-21)30(38)34-26(28(36)18-33-24-12-13-24)16-20-14-22(31)17-23(32)15-20;/h5-7,10-11,14-15,17,24-28,33,36H,3-4,8-9,12-13,16,18-19H2,1-2H3,(H,34,38)(H,35,37);1H/t26-,27?,28+;/m0./s1. The molecule has 2 amide bonds. The fourth-order valence-corrected chi connectivity index (χ4v) is 6.96. The molecule has 0 radical (unpaired) electrons. The number of sulfone groups is 1. The molecule has 234 valence electrons. The summed E-state index contributed by atoms with van der Waals surface area (Å²) in [5.41, 5.74) is 0.462. The molecule has 3 rings (SSSR count). The maximum Gasteiger partial charge on any atom is 0.251 e. The molecule has 0 bridgehead atoms. The van der Waals surface area contributed by atoms with Crippen molar-refractivity contribution in [1.82, 2.24) is 16.0 Å². The van der Waals surface area contributed by atoms with Crippen molar-refractivity contribution in [3.8, 4) is 0 Å². The van der Waals surface area contributed by atoms with Gasteiger partial charge in [-0.1, -0.05) is 44.9 Å². The molecule has 0 saturated heterocycles. The second-order valence-electron chi connectivity index (χ2n) is 10.8. The normalized spacial score (nSPS) is 15.4. The highest BCUT2D eigenvalue weighted by atomic mass is 35.5. The van der Waals surface area contributed by atoms with E-state index in [1.54, 1.807) is 30.3 Å². The van der Waals surface area contributed by atoms with Crippen molar-refractivity contribution in [1.29, 1.82) is 0 Å². The Morgan fingerprint density at radius 3 is 2.12 bits per heavy atom. The molecule has 8 nitrogen and oxygen atoms in total. The van der Waals surface area contributed by atoms with E-state index < -0.39 is 62.5 Å². The van der Waals surface area contributed by atoms with Gasteiger partial charge in [0.15, 0.2) is 9.84 Å². The maximum atomic E-state index is 13.9. The van der Waals surface area contributed by atoms with Crippen LogP contribution in [0.4, 0.5) is 8.78 Å². The lowest BCUT2D eigenvalue weighted by Gasteiger charge is -2.28. The SMILES string of the molecule is CCCC(CCC)S(=O)(=O)CC(NC(=O)c1ccccc1)C(=O)N[C@@H](Cc1cc(F)cc(F)c1)[C@H](O)CNC1CC1.Cl. The molecule has 1 unspecified atom stereocenters. The van der Waals surface area contributed by atoms with E-state index >= 15 is 0 Å². The molecular formula is C30H42ClF2N3O5S. The quantitative estimate of drug-likeness (QED) is 0.212. The summed E-state index contributed by atoms with van der Waals surface area (Å²) in [6.07, 6.45) is 2.79. The van der Waals surface area contributed by atoms with Gasteiger partial charge < -0.3 is 21.1 Å². The first-order valence-electron chi connectivity index (χ1n) is 14.3. The van der Waals surface area contributed by atoms with Crippen LogP contribution in [0.2, 0.25) is 0 Å². The zero-order valence-electron chi connectivity index (χ0n) is 24.0. The largest absolute Gasteiger partial charge is 0.390 e. The van der Waals surface area contributed by atoms with E-state index in [2.05, 4.69) is 16.0 Å². The third-order valence-electron chi connectivity index (χ3n) is 7.15. The van der Waals surface area contributed by atoms with Gasteiger partial charge in [0.05, 0.1) is 23.1 Å². The number of carbonyl (C=O) groups excluding carboxylic acids is 2. The summed E-state index contributed by atoms with van der Waals surface area (Å²) < 4.78 is 54.7. The summed E-state index contributed by atoms with van der Waals surface area (Å²) in [4.78, 5) is 26.7. The Morgan fingerprint density at radius 1 is 0.976 bits per heavy atom. The van der Waals surface area contributed by atoms with Crippen LogP contribution in [-0.4, -0.2) is 67.1 Å². The zero-order valence-corrected chi connectivity index (χ0v) is 25.7. The van der Waals surface area contributed by atoms with Crippen molar-refractivity contribution in [2.75, 3.05) is 12.3 Å². The van der Waals surface area contributed by atoms with Crippen LogP contribution in [0.5, 0.6) is 0 Å². The van der Waals surface area contributed by atoms with Crippen molar-refractivity contribution in [2.24, 2.45) is 0 Å². The average molecular weight is 630 g/mol. The molecule has 4 N–H and O–H groups in total. The van der Waals surface area contributed by atoms with Crippen LogP contribution in [0.15, 0.2) is 48.5 Å². The summed E-state index contributed by atoms with van der Waals surface area (Å²) in [5, 5.41) is 18.7. The zero-order chi connectivity index (χ0) is 30.0. The van der Waals surface area contributed by atoms with Crippen molar-refractivity contribution in [3.63, 3.8) is 0 Å². The first kappa shape index (κ1) is 35.6. The highest BCUT2D eigenvalue weighted by Gasteiger charge is 2.34. The number of benzene rings is 2. The summed E-state index contributed by atoms with van der Waals surface area (Å²) in [6, 6.07) is 8.85. The highest BCUT2D eigenvalue weighted by Crippen LogP contribution is 2.20. The van der Waals surface area contributed by atoms with Crippen LogP contribution in [0, 0.1) is 11.6 Å². The van der Waals surface area contributed by atoms with E-state index in [1.165, 1.54) is 0 Å². The summed E-state index contributed by atoms with van der Waals surface area (Å²) in [7, 11) is -3.81. The lowest BCUT2D eigenvalue weighted by Crippen LogP contribution is -2.57. The molecule has 2 aromatic rings. The fourth-order valence-electron chi connectivity index (χ4n) is 4.80. The molecule has 1 fully saturated rings. The monoisotopic (exact) mass is 629 g/mol. The number of hydrogen-bond acceptors (Lipinski definition) is 6. The predicted octanol–water partition coefficient (Wildman–Crippen LogP) is 3.71. The van der Waals surface area contributed by atoms with E-state index in [-0.39, 0.29) is 42.5 Å². The first-order chi connectivity index (χ1) is 19.5. The lowest BCUT2D eigenvalue weighted by molar-refractivity contribution is -0.124. The molecule has 1 saturated carbocycles. The third kappa shape index (κ3) is 11.2. The van der Waals surface area contributed by atoms with Crippen molar-refractivity contribution < 1.29 is 31.9 Å². The summed E-state index contributed by atoms with van der Waals surface area (Å²) in [6.45, 7) is 3.88. The second kappa shape index (κ2) is 16.9. The Kier molecular flexibility index (Phi) is 14.3. The minimum Gasteiger partial charge on any atom is -0.390 e. The van der Waals surface area contributed by atoms with Crippen molar-refractivity contribution in [2.45, 2.75) is 88.3 Å². The number of aliphatic hydroxyl groups is 1. The Labute approximate surface area is 253 Å². The van der Waals surface area contributed by atoms with E-state index in [9.17, 15) is 31.9 Å². The molecule has 3 atom stereocenters. The van der Waals surface area contributed by atoms with E-state index in [0.717, 1.165) is 31.0 Å². The van der Waals surface area contributed by atoms with Gasteiger partial charge in [-0.15, -0.1) is 12.4 Å². The molecule has 0 heterocycles. The molecule has 42 heavy (non-hydrogen) atoms. The van der Waals surface area contributed by atoms with Gasteiger partial charge in [-0.05, 0) is 61.9 Å². The van der Waals surface area contributed by atoms with Gasteiger partial charge in [-0.25, -0.2) is 17.2 Å². The maximum absolute atomic E-state index is 13.9. The number of nitrogens with one attached hydrogen (secondary N) is 3. The third-order valence-corrected chi connectivity index (χ3v) is 9.43. The van der Waals surface area contributed by atoms with Crippen LogP contribution in [0.1, 0.15) is 68.3 Å². The van der Waals surface area contributed by atoms with Gasteiger partial charge in [-0.2, -0.15) is 0 Å². The smallest absolute Gasteiger partial charge is 0.251 e. The number of aliphatic hydroxyl groups excluding tert-OH is 1. The number of hydrogen-bond donors (Lipinski definition) is 4. The minimum atomic E-state index is -3.81. The Morgan fingerprint density at radius 2 is 1.57 bits per heavy atom. The second-order valence-corrected chi connectivity index (χ2v) is 13.1. The van der Waals surface area contributed by atoms with Gasteiger partial charge in [0.25, 0.3) is 5.91 Å². The number of rotatable bonds is 17. The van der Waals surface area contributed by atoms with Crippen LogP contribution >= 0.6 is 12.4 Å². The van der Waals surface area contributed by atoms with Crippen LogP contribution in [0.25, 0.3) is 0 Å². The van der Waals surface area contributed by atoms with Gasteiger partial charge in [-0.3, -0.25) is 9.59 Å². The van der Waals surface area contributed by atoms with Gasteiger partial charge in [0.1, 0.15) is 17.7 Å². The molecule has 1 aliphatic rings. The topological polar surface area (TPSA) is 125 Å². The molecular weight excluding hydrogens is 588 g/mol.